The van der Waals surface area contributed by atoms with Gasteiger partial charge < -0.3 is 35.3 Å². The zero-order valence-corrected chi connectivity index (χ0v) is 63.6. The number of carbonyl (C=O) groups excluding carboxylic acids is 4. The molecule has 23 nitrogen and oxygen atoms in total. The summed E-state index contributed by atoms with van der Waals surface area (Å²) in [7, 11) is 0. The van der Waals surface area contributed by atoms with E-state index in [2.05, 4.69) is 63.7 Å². The van der Waals surface area contributed by atoms with Gasteiger partial charge in [-0.25, -0.2) is 0 Å². The Labute approximate surface area is 650 Å². The Kier molecular flexibility index (Phi) is 29.3. The van der Waals surface area contributed by atoms with Crippen molar-refractivity contribution >= 4 is 74.2 Å². The summed E-state index contributed by atoms with van der Waals surface area (Å²) in [5.41, 5.74) is 12.8. The van der Waals surface area contributed by atoms with Crippen LogP contribution < -0.4 is 31.0 Å². The molecular weight excluding hydrogens is 1460 g/mol. The van der Waals surface area contributed by atoms with Crippen molar-refractivity contribution in [3.05, 3.63) is 222 Å². The molecule has 0 atom stereocenters. The number of non-ortho nitro benzene ring substituents is 2. The number of hydrogen-bond acceptors (Lipinski definition) is 17. The van der Waals surface area contributed by atoms with E-state index in [-0.39, 0.29) is 69.4 Å². The maximum Gasteiger partial charge on any atom is 0.298 e. The van der Waals surface area contributed by atoms with E-state index in [1.165, 1.54) is 36.7 Å². The Morgan fingerprint density at radius 3 is 1.44 bits per heavy atom. The topological polar surface area (TPSA) is 370 Å². The lowest BCUT2D eigenvalue weighted by Gasteiger charge is -2.32. The number of nitrogens with zero attached hydrogens (tertiary/aromatic N) is 10. The van der Waals surface area contributed by atoms with Crippen LogP contribution in [0.15, 0.2) is 163 Å². The summed E-state index contributed by atoms with van der Waals surface area (Å²) in [5.74, 6) is -0.254. The Bertz CT molecular complexity index is 4700. The van der Waals surface area contributed by atoms with Crippen molar-refractivity contribution in [2.45, 2.75) is 207 Å². The number of amides is 3. The molecule has 0 bridgehead atoms. The third-order valence-corrected chi connectivity index (χ3v) is 22.8. The van der Waals surface area contributed by atoms with Gasteiger partial charge in [0, 0.05) is 96.7 Å². The molecule has 3 heterocycles. The minimum absolute atomic E-state index is 0.0269. The molecule has 110 heavy (non-hydrogen) atoms. The van der Waals surface area contributed by atoms with Gasteiger partial charge in [-0.3, -0.25) is 44.2 Å². The quantitative estimate of drug-likeness (QED) is 0.0236. The molecule has 14 rings (SSSR count). The van der Waals surface area contributed by atoms with Gasteiger partial charge in [-0.15, -0.1) is 0 Å². The highest BCUT2D eigenvalue weighted by molar-refractivity contribution is 9.09. The molecule has 0 radical (unpaired) electrons. The summed E-state index contributed by atoms with van der Waals surface area (Å²) in [5, 5.41) is 80.6. The van der Waals surface area contributed by atoms with Crippen molar-refractivity contribution < 1.29 is 38.9 Å². The maximum atomic E-state index is 12.2. The van der Waals surface area contributed by atoms with E-state index in [4.69, 9.17) is 15.7 Å². The van der Waals surface area contributed by atoms with Gasteiger partial charge in [0.25, 0.3) is 23.3 Å². The zero-order chi connectivity index (χ0) is 78.7. The first-order valence-electron chi connectivity index (χ1n) is 37.8. The number of nitriles is 5. The van der Waals surface area contributed by atoms with Crippen LogP contribution in [0.5, 0.6) is 11.5 Å². The fourth-order valence-corrected chi connectivity index (χ4v) is 16.6. The van der Waals surface area contributed by atoms with Crippen molar-refractivity contribution in [3.8, 4) is 41.8 Å². The number of hydrogen-bond donors (Lipinski definition) is 3. The molecular formula is C86H93BrN12O11. The fraction of sp³-hybridized carbons (Fsp3) is 0.419. The van der Waals surface area contributed by atoms with Gasteiger partial charge in [-0.1, -0.05) is 153 Å². The van der Waals surface area contributed by atoms with Crippen LogP contribution in [0.1, 0.15) is 200 Å². The highest BCUT2D eigenvalue weighted by atomic mass is 79.9. The molecule has 4 N–H and O–H groups in total. The highest BCUT2D eigenvalue weighted by Gasteiger charge is 2.41. The van der Waals surface area contributed by atoms with Crippen LogP contribution in [0.3, 0.4) is 0 Å². The predicted molar refractivity (Wildman–Crippen MR) is 423 cm³/mol. The minimum Gasteiger partial charge on any atom is -0.503 e. The van der Waals surface area contributed by atoms with Crippen molar-refractivity contribution in [1.29, 1.82) is 26.3 Å². The lowest BCUT2D eigenvalue weighted by Crippen LogP contribution is -2.30. The molecule has 3 amide bonds. The van der Waals surface area contributed by atoms with E-state index in [1.54, 1.807) is 22.8 Å². The molecule has 7 fully saturated rings. The third kappa shape index (κ3) is 20.6. The van der Waals surface area contributed by atoms with Crippen molar-refractivity contribution in [1.82, 2.24) is 4.57 Å². The van der Waals surface area contributed by atoms with Crippen LogP contribution in [-0.2, 0) is 59.2 Å². The number of nitrogens with one attached hydrogen (secondary N) is 1. The van der Waals surface area contributed by atoms with Crippen molar-refractivity contribution in [3.63, 3.8) is 0 Å². The molecule has 7 aromatic rings. The van der Waals surface area contributed by atoms with Crippen molar-refractivity contribution in [2.75, 3.05) is 39.3 Å². The smallest absolute Gasteiger partial charge is 0.298 e. The van der Waals surface area contributed by atoms with Gasteiger partial charge in [-0.05, 0) is 165 Å². The Morgan fingerprint density at radius 2 is 0.982 bits per heavy atom. The zero-order valence-electron chi connectivity index (χ0n) is 62.0. The molecule has 6 aromatic carbocycles. The summed E-state index contributed by atoms with van der Waals surface area (Å²) in [6, 6.07) is 56.0. The third-order valence-electron chi connectivity index (χ3n) is 22.3. The molecule has 2 saturated heterocycles. The number of ether oxygens (including phenoxy) is 1. The van der Waals surface area contributed by atoms with Gasteiger partial charge in [0.15, 0.2) is 11.5 Å². The lowest BCUT2D eigenvalue weighted by molar-refractivity contribution is -0.385. The van der Waals surface area contributed by atoms with Gasteiger partial charge in [-0.2, -0.15) is 26.3 Å². The number of benzene rings is 6. The van der Waals surface area contributed by atoms with Gasteiger partial charge in [0.2, 0.25) is 17.7 Å². The number of rotatable bonds is 18. The van der Waals surface area contributed by atoms with Crippen LogP contribution in [0.4, 0.5) is 34.1 Å². The summed E-state index contributed by atoms with van der Waals surface area (Å²) < 4.78 is 6.46. The molecule has 570 valence electrons. The molecule has 7 aliphatic rings. The second kappa shape index (κ2) is 39.0. The number of pyridine rings is 1. The molecule has 2 aliphatic heterocycles. The first-order chi connectivity index (χ1) is 53.2. The molecule has 24 heteroatoms. The van der Waals surface area contributed by atoms with E-state index < -0.39 is 26.4 Å². The number of carbonyl (C=O) groups is 4. The number of nitrogen functional groups attached to an aromatic ring is 1. The highest BCUT2D eigenvalue weighted by Crippen LogP contribution is 2.47. The van der Waals surface area contributed by atoms with E-state index in [0.29, 0.717) is 31.4 Å². The summed E-state index contributed by atoms with van der Waals surface area (Å²) in [6.45, 7) is 2.27. The lowest BCUT2D eigenvalue weighted by atomic mass is 9.78. The second-order valence-corrected chi connectivity index (χ2v) is 30.1. The molecule has 0 unspecified atom stereocenters. The number of nitro benzene ring substituents is 2. The number of halogens is 1. The predicted octanol–water partition coefficient (Wildman–Crippen LogP) is 17.2. The standard InChI is InChI=1S/C22H24N2O5.C16H19BrN2O.C16H18N2O.C12H12N2O2.C12H14N2.C8H6N2O2/c25-15-29-19-13-23(12-18(26)21(19)28)14-22(8-1-2-9-22)16-5-3-6-17(11-16)24-10-4-7-20(24)27;17-10-4-7-15(20)19-14-6-3-5-13(11-14)16(12-18)8-1-2-9-16;17-12-16(8-1-2-9-16)13-5-3-6-14(11-13)18-10-4-7-15(18)19;13-9-12(6-1-2-7-12)10-4-3-5-11(8-10)14(15)16;13-9-12(6-1-2-7-12)10-4-3-5-11(14)8-10;9-5-4-7-2-1-3-8(6-7)10(11)12/h3,5-6,11-13,15,26H,1-2,4,7-10,14H2;3,5-6,11H,1-2,4,7-10H2,(H,19,20);3,5-6,11H,1-2,4,7-10H2;3-5,8H,1-2,6-7H2;3-5,8H,1-2,6-7,14H2;1-3,6H,4H2. The van der Waals surface area contributed by atoms with Crippen LogP contribution in [0.2, 0.25) is 0 Å². The molecule has 5 aliphatic carbocycles. The van der Waals surface area contributed by atoms with E-state index in [1.807, 2.05) is 101 Å². The first-order valence-corrected chi connectivity index (χ1v) is 39.0. The average Bonchev–Trinajstić information content (AvgIpc) is 1.54. The Hall–Kier alpha value is -11.5. The van der Waals surface area contributed by atoms with Crippen LogP contribution in [-0.4, -0.2) is 62.1 Å². The summed E-state index contributed by atoms with van der Waals surface area (Å²) in [6.07, 6.45) is 27.7. The van der Waals surface area contributed by atoms with Gasteiger partial charge >= 0.3 is 0 Å². The number of nitrogens with two attached hydrogens (primary N) is 1. The molecule has 0 spiro atoms. The Morgan fingerprint density at radius 1 is 0.555 bits per heavy atom. The van der Waals surface area contributed by atoms with Crippen LogP contribution in [0, 0.1) is 76.9 Å². The first kappa shape index (κ1) is 82.5. The summed E-state index contributed by atoms with van der Waals surface area (Å²) in [4.78, 5) is 82.1. The monoisotopic (exact) mass is 1550 g/mol. The Balaban J connectivity index is 0.000000156. The number of aromatic hydroxyl groups is 1. The minimum atomic E-state index is -0.705. The van der Waals surface area contributed by atoms with Gasteiger partial charge in [0.1, 0.15) is 0 Å². The van der Waals surface area contributed by atoms with E-state index >= 15 is 0 Å². The maximum absolute atomic E-state index is 12.2. The second-order valence-electron chi connectivity index (χ2n) is 29.3. The number of nitro groups is 2. The number of alkyl halides is 1. The van der Waals surface area contributed by atoms with Gasteiger partial charge in [0.05, 0.1) is 80.7 Å². The molecule has 5 saturated carbocycles. The SMILES string of the molecule is N#CC1(c2cccc(N)c2)CCCC1.N#CC1(c2cccc(N3CCCC3=O)c2)CCCC1.N#CC1(c2cccc(NC(=O)CCCBr)c2)CCCC1.N#CC1(c2cccc([N+](=O)[O-])c2)CCCC1.N#CCc1cccc([N+](=O)[O-])c1.O=COc1cn(CC2(c3cccc(N4CCCC4=O)c3)CCCC2)cc(O)c1=O. The normalized spacial score (nSPS) is 17.6. The van der Waals surface area contributed by atoms with E-state index in [9.17, 15) is 70.4 Å². The molecule has 1 aromatic heterocycles. The number of anilines is 4. The summed E-state index contributed by atoms with van der Waals surface area (Å²) >= 11 is 3.32. The van der Waals surface area contributed by atoms with Crippen LogP contribution in [0.25, 0.3) is 0 Å². The van der Waals surface area contributed by atoms with Crippen LogP contribution >= 0.6 is 15.9 Å². The largest absolute Gasteiger partial charge is 0.503 e. The van der Waals surface area contributed by atoms with Crippen molar-refractivity contribution in [2.24, 2.45) is 0 Å². The fourth-order valence-electron chi connectivity index (χ4n) is 16.3. The average molecular weight is 1550 g/mol. The number of aromatic nitrogens is 1. The van der Waals surface area contributed by atoms with E-state index in [0.717, 1.165) is 217 Å².